The van der Waals surface area contributed by atoms with E-state index in [0.717, 1.165) is 12.1 Å². The lowest BCUT2D eigenvalue weighted by atomic mass is 10.1. The van der Waals surface area contributed by atoms with Gasteiger partial charge in [-0.25, -0.2) is 4.79 Å². The lowest BCUT2D eigenvalue weighted by Gasteiger charge is -2.18. The lowest BCUT2D eigenvalue weighted by Crippen LogP contribution is -2.25. The second-order valence-corrected chi connectivity index (χ2v) is 5.41. The molecule has 0 unspecified atom stereocenters. The first-order valence-electron chi connectivity index (χ1n) is 7.37. The molecule has 0 saturated heterocycles. The molecule has 0 saturated carbocycles. The number of benzene rings is 2. The van der Waals surface area contributed by atoms with Crippen LogP contribution in [0.15, 0.2) is 30.3 Å². The molecular weight excluding hydrogens is 346 g/mol. The van der Waals surface area contributed by atoms with Gasteiger partial charge in [0.1, 0.15) is 5.75 Å². The highest BCUT2D eigenvalue weighted by Crippen LogP contribution is 2.35. The van der Waals surface area contributed by atoms with E-state index in [4.69, 9.17) is 9.47 Å². The lowest BCUT2D eigenvalue weighted by molar-refractivity contribution is -0.118. The van der Waals surface area contributed by atoms with Gasteiger partial charge in [0, 0.05) is 5.56 Å². The van der Waals surface area contributed by atoms with Crippen LogP contribution >= 0.6 is 0 Å². The minimum atomic E-state index is -0.974. The molecular formula is C17H13NO8. The molecule has 0 aromatic heterocycles. The van der Waals surface area contributed by atoms with Gasteiger partial charge >= 0.3 is 5.97 Å². The summed E-state index contributed by atoms with van der Waals surface area (Å²) in [5, 5.41) is 30.6. The predicted molar refractivity (Wildman–Crippen MR) is 86.6 cm³/mol. The molecule has 2 aromatic rings. The van der Waals surface area contributed by atoms with E-state index in [1.165, 1.54) is 18.2 Å². The summed E-state index contributed by atoms with van der Waals surface area (Å²) in [6, 6.07) is 6.17. The van der Waals surface area contributed by atoms with Gasteiger partial charge in [-0.15, -0.1) is 0 Å². The fourth-order valence-corrected chi connectivity index (χ4v) is 2.28. The second kappa shape index (κ2) is 6.63. The van der Waals surface area contributed by atoms with E-state index in [1.807, 2.05) is 0 Å². The largest absolute Gasteiger partial charge is 0.504 e. The number of aromatic hydroxyl groups is 3. The number of anilines is 1. The van der Waals surface area contributed by atoms with E-state index in [1.54, 1.807) is 0 Å². The van der Waals surface area contributed by atoms with Gasteiger partial charge in [0.2, 0.25) is 0 Å². The van der Waals surface area contributed by atoms with Gasteiger partial charge in [0.15, 0.2) is 36.2 Å². The number of amides is 1. The van der Waals surface area contributed by atoms with E-state index < -0.39 is 35.6 Å². The number of ketones is 1. The van der Waals surface area contributed by atoms with Crippen molar-refractivity contribution in [3.05, 3.63) is 41.5 Å². The number of hydrogen-bond donors (Lipinski definition) is 4. The Bertz CT molecular complexity index is 898. The quantitative estimate of drug-likeness (QED) is 0.362. The van der Waals surface area contributed by atoms with Crippen LogP contribution < -0.4 is 10.1 Å². The van der Waals surface area contributed by atoms with Crippen LogP contribution in [0, 0.1) is 0 Å². The topological polar surface area (TPSA) is 142 Å². The van der Waals surface area contributed by atoms with Crippen molar-refractivity contribution in [1.82, 2.24) is 0 Å². The first-order valence-corrected chi connectivity index (χ1v) is 7.37. The van der Waals surface area contributed by atoms with Gasteiger partial charge in [-0.05, 0) is 30.3 Å². The van der Waals surface area contributed by atoms with Crippen LogP contribution in [-0.2, 0) is 9.53 Å². The van der Waals surface area contributed by atoms with Crippen molar-refractivity contribution >= 4 is 23.3 Å². The number of fused-ring (bicyclic) bond motifs is 1. The van der Waals surface area contributed by atoms with Crippen molar-refractivity contribution in [2.75, 3.05) is 18.5 Å². The molecule has 1 aliphatic heterocycles. The maximum absolute atomic E-state index is 12.2. The zero-order valence-electron chi connectivity index (χ0n) is 13.2. The molecule has 0 bridgehead atoms. The number of rotatable bonds is 4. The van der Waals surface area contributed by atoms with Crippen LogP contribution in [0.25, 0.3) is 0 Å². The Hall–Kier alpha value is -3.75. The zero-order chi connectivity index (χ0) is 18.8. The highest BCUT2D eigenvalue weighted by Gasteiger charge is 2.19. The average Bonchev–Trinajstić information content (AvgIpc) is 2.62. The number of ether oxygens (including phenoxy) is 2. The molecule has 0 aliphatic carbocycles. The highest BCUT2D eigenvalue weighted by molar-refractivity contribution is 6.02. The number of carbonyl (C=O) groups is 3. The molecule has 1 amide bonds. The molecule has 0 atom stereocenters. The summed E-state index contributed by atoms with van der Waals surface area (Å²) in [5.41, 5.74) is 0.294. The van der Waals surface area contributed by atoms with Crippen molar-refractivity contribution in [2.45, 2.75) is 0 Å². The minimum absolute atomic E-state index is 0.107. The third-order valence-electron chi connectivity index (χ3n) is 3.57. The molecule has 9 nitrogen and oxygen atoms in total. The van der Waals surface area contributed by atoms with E-state index in [0.29, 0.717) is 11.4 Å². The van der Waals surface area contributed by atoms with Crippen molar-refractivity contribution in [2.24, 2.45) is 0 Å². The summed E-state index contributed by atoms with van der Waals surface area (Å²) in [5.74, 6) is -3.60. The van der Waals surface area contributed by atoms with Crippen LogP contribution in [0.2, 0.25) is 0 Å². The van der Waals surface area contributed by atoms with Gasteiger partial charge in [-0.3, -0.25) is 9.59 Å². The number of hydrogen-bond acceptors (Lipinski definition) is 8. The second-order valence-electron chi connectivity index (χ2n) is 5.41. The molecule has 9 heteroatoms. The van der Waals surface area contributed by atoms with E-state index >= 15 is 0 Å². The van der Waals surface area contributed by atoms with E-state index in [9.17, 15) is 29.7 Å². The third-order valence-corrected chi connectivity index (χ3v) is 3.57. The summed E-state index contributed by atoms with van der Waals surface area (Å²) >= 11 is 0. The Kier molecular flexibility index (Phi) is 4.36. The number of phenolic OH excluding ortho intramolecular Hbond substituents is 3. The Morgan fingerprint density at radius 3 is 2.46 bits per heavy atom. The van der Waals surface area contributed by atoms with Crippen LogP contribution in [0.4, 0.5) is 5.69 Å². The van der Waals surface area contributed by atoms with Crippen molar-refractivity contribution in [3.63, 3.8) is 0 Å². The smallest absolute Gasteiger partial charge is 0.338 e. The van der Waals surface area contributed by atoms with Crippen molar-refractivity contribution < 1.29 is 39.2 Å². The molecule has 4 N–H and O–H groups in total. The summed E-state index contributed by atoms with van der Waals surface area (Å²) in [6.07, 6.45) is 0. The van der Waals surface area contributed by atoms with Gasteiger partial charge < -0.3 is 30.1 Å². The molecule has 1 heterocycles. The van der Waals surface area contributed by atoms with Crippen LogP contribution in [0.5, 0.6) is 23.0 Å². The monoisotopic (exact) mass is 359 g/mol. The molecule has 3 rings (SSSR count). The fraction of sp³-hybridized carbons (Fsp3) is 0.118. The predicted octanol–water partition coefficient (Wildman–Crippen LogP) is 1.17. The summed E-state index contributed by atoms with van der Waals surface area (Å²) in [7, 11) is 0. The Morgan fingerprint density at radius 1 is 1.08 bits per heavy atom. The van der Waals surface area contributed by atoms with E-state index in [2.05, 4.69) is 5.32 Å². The van der Waals surface area contributed by atoms with Crippen molar-refractivity contribution in [3.8, 4) is 23.0 Å². The van der Waals surface area contributed by atoms with Gasteiger partial charge in [0.05, 0.1) is 11.3 Å². The Labute approximate surface area is 146 Å². The fourth-order valence-electron chi connectivity index (χ4n) is 2.28. The minimum Gasteiger partial charge on any atom is -0.504 e. The Morgan fingerprint density at radius 2 is 1.77 bits per heavy atom. The Balaban J connectivity index is 1.68. The van der Waals surface area contributed by atoms with Crippen LogP contribution in [0.3, 0.4) is 0 Å². The van der Waals surface area contributed by atoms with Crippen LogP contribution in [-0.4, -0.2) is 46.2 Å². The summed E-state index contributed by atoms with van der Waals surface area (Å²) in [6.45, 7) is -0.709. The highest BCUT2D eigenvalue weighted by atomic mass is 16.5. The summed E-state index contributed by atoms with van der Waals surface area (Å²) in [4.78, 5) is 35.4. The maximum atomic E-state index is 12.2. The number of nitrogens with one attached hydrogen (secondary N) is 1. The van der Waals surface area contributed by atoms with Crippen LogP contribution in [0.1, 0.15) is 20.7 Å². The first kappa shape index (κ1) is 17.1. The molecule has 0 fully saturated rings. The maximum Gasteiger partial charge on any atom is 0.338 e. The standard InChI is InChI=1S/C17H13NO8/c19-11-4-9(5-12(20)16(11)23)17(24)26-6-13(21)8-1-2-14-10(3-8)18-15(22)7-25-14/h1-5,19-20,23H,6-7H2,(H,18,22). The molecule has 0 spiro atoms. The number of Topliss-reactive ketones (excluding diaryl/α,β-unsaturated/α-hetero) is 1. The summed E-state index contributed by atoms with van der Waals surface area (Å²) < 4.78 is 10.0. The third kappa shape index (κ3) is 3.36. The molecule has 0 radical (unpaired) electrons. The zero-order valence-corrected chi connectivity index (χ0v) is 13.2. The van der Waals surface area contributed by atoms with Gasteiger partial charge in [0.25, 0.3) is 5.91 Å². The van der Waals surface area contributed by atoms with Crippen molar-refractivity contribution in [1.29, 1.82) is 0 Å². The van der Waals surface area contributed by atoms with Gasteiger partial charge in [-0.1, -0.05) is 0 Å². The van der Waals surface area contributed by atoms with E-state index in [-0.39, 0.29) is 23.6 Å². The number of esters is 1. The molecule has 2 aromatic carbocycles. The molecule has 1 aliphatic rings. The molecule has 134 valence electrons. The SMILES string of the molecule is O=C1COc2ccc(C(=O)COC(=O)c3cc(O)c(O)c(O)c3)cc2N1. The number of phenols is 3. The normalized spacial score (nSPS) is 12.5. The molecule has 26 heavy (non-hydrogen) atoms. The average molecular weight is 359 g/mol. The number of carbonyl (C=O) groups excluding carboxylic acids is 3. The van der Waals surface area contributed by atoms with Gasteiger partial charge in [-0.2, -0.15) is 0 Å². The first-order chi connectivity index (χ1) is 12.3.